The van der Waals surface area contributed by atoms with Gasteiger partial charge in [-0.05, 0) is 111 Å². The fourth-order valence-electron chi connectivity index (χ4n) is 8.25. The van der Waals surface area contributed by atoms with Gasteiger partial charge in [-0.1, -0.05) is 133 Å². The van der Waals surface area contributed by atoms with Gasteiger partial charge in [0, 0.05) is 48.0 Å². The minimum Gasteiger partial charge on any atom is -0.456 e. The number of hydrogen-bond acceptors (Lipinski definition) is 3. The van der Waals surface area contributed by atoms with E-state index in [-0.39, 0.29) is 0 Å². The highest BCUT2D eigenvalue weighted by molar-refractivity contribution is 7.25. The Balaban J connectivity index is 1.01. The van der Waals surface area contributed by atoms with Crippen molar-refractivity contribution in [3.05, 3.63) is 200 Å². The lowest BCUT2D eigenvalue weighted by atomic mass is 9.95. The summed E-state index contributed by atoms with van der Waals surface area (Å²) in [6.07, 6.45) is 0. The van der Waals surface area contributed by atoms with Gasteiger partial charge in [0.05, 0.1) is 0 Å². The zero-order chi connectivity index (χ0) is 36.3. The maximum absolute atomic E-state index is 6.23. The normalized spacial score (nSPS) is 11.6. The molecule has 0 aliphatic heterocycles. The SMILES string of the molecule is c1cc(-c2ccc(N(c3ccc(-c4cccc5oc6ccccc6c45)cc3)c3ccc4sc5ccccc5c4c3)cc2)cc(-c2cccc3ccccc23)c1. The van der Waals surface area contributed by atoms with E-state index in [1.165, 1.54) is 58.8 Å². The Morgan fingerprint density at radius 2 is 0.945 bits per heavy atom. The Hall–Kier alpha value is -6.94. The molecule has 0 fully saturated rings. The van der Waals surface area contributed by atoms with Crippen molar-refractivity contribution in [1.82, 2.24) is 0 Å². The molecule has 258 valence electrons. The molecule has 9 aromatic carbocycles. The molecule has 2 heterocycles. The average molecular weight is 720 g/mol. The Morgan fingerprint density at radius 1 is 0.345 bits per heavy atom. The number of fused-ring (bicyclic) bond motifs is 7. The van der Waals surface area contributed by atoms with Crippen LogP contribution >= 0.6 is 11.3 Å². The molecule has 3 heteroatoms. The molecule has 2 nitrogen and oxygen atoms in total. The topological polar surface area (TPSA) is 16.4 Å². The van der Waals surface area contributed by atoms with Crippen molar-refractivity contribution in [2.75, 3.05) is 4.90 Å². The lowest BCUT2D eigenvalue weighted by Crippen LogP contribution is -2.09. The van der Waals surface area contributed by atoms with E-state index in [0.29, 0.717) is 0 Å². The molecule has 0 saturated heterocycles. The van der Waals surface area contributed by atoms with Crippen molar-refractivity contribution in [3.63, 3.8) is 0 Å². The smallest absolute Gasteiger partial charge is 0.136 e. The third-order valence-electron chi connectivity index (χ3n) is 10.9. The third-order valence-corrected chi connectivity index (χ3v) is 12.0. The standard InChI is InChI=1S/C52H33NOS/c1-2-14-42-35(10-1)11-8-17-43(42)38-13-7-12-37(32-38)34-22-26-39(27-23-34)53(41-30-31-51-47(33-41)45-15-4-6-21-50(45)55-51)40-28-24-36(25-29-40)44-18-9-20-49-52(44)46-16-3-5-19-48(46)54-49/h1-33H. The Morgan fingerprint density at radius 3 is 1.80 bits per heavy atom. The van der Waals surface area contributed by atoms with Gasteiger partial charge in [0.15, 0.2) is 0 Å². The van der Waals surface area contributed by atoms with E-state index in [2.05, 4.69) is 193 Å². The highest BCUT2D eigenvalue weighted by Gasteiger charge is 2.17. The predicted molar refractivity (Wildman–Crippen MR) is 235 cm³/mol. The van der Waals surface area contributed by atoms with Crippen molar-refractivity contribution in [3.8, 4) is 33.4 Å². The fraction of sp³-hybridized carbons (Fsp3) is 0. The number of rotatable bonds is 6. The molecular weight excluding hydrogens is 687 g/mol. The molecule has 2 aromatic heterocycles. The van der Waals surface area contributed by atoms with Crippen LogP contribution in [-0.4, -0.2) is 0 Å². The molecule has 0 spiro atoms. The van der Waals surface area contributed by atoms with Gasteiger partial charge >= 0.3 is 0 Å². The van der Waals surface area contributed by atoms with Crippen LogP contribution in [-0.2, 0) is 0 Å². The first kappa shape index (κ1) is 31.6. The van der Waals surface area contributed by atoms with Crippen LogP contribution in [0.15, 0.2) is 205 Å². The summed E-state index contributed by atoms with van der Waals surface area (Å²) in [6, 6.07) is 72.3. The second-order valence-corrected chi connectivity index (χ2v) is 15.2. The number of anilines is 3. The molecule has 0 amide bonds. The monoisotopic (exact) mass is 719 g/mol. The van der Waals surface area contributed by atoms with Crippen molar-refractivity contribution < 1.29 is 4.42 Å². The lowest BCUT2D eigenvalue weighted by molar-refractivity contribution is 0.669. The highest BCUT2D eigenvalue weighted by Crippen LogP contribution is 2.43. The van der Waals surface area contributed by atoms with E-state index >= 15 is 0 Å². The molecule has 55 heavy (non-hydrogen) atoms. The molecule has 0 radical (unpaired) electrons. The molecule has 0 saturated carbocycles. The average Bonchev–Trinajstić information content (AvgIpc) is 3.83. The summed E-state index contributed by atoms with van der Waals surface area (Å²) in [6.45, 7) is 0. The maximum Gasteiger partial charge on any atom is 0.136 e. The van der Waals surface area contributed by atoms with Gasteiger partial charge in [-0.3, -0.25) is 0 Å². The number of thiophene rings is 1. The molecule has 0 aliphatic carbocycles. The molecule has 11 rings (SSSR count). The number of benzene rings is 9. The summed E-state index contributed by atoms with van der Waals surface area (Å²) in [5.74, 6) is 0. The molecule has 0 unspecified atom stereocenters. The quantitative estimate of drug-likeness (QED) is 0.170. The number of furan rings is 1. The van der Waals surface area contributed by atoms with Gasteiger partial charge in [-0.15, -0.1) is 11.3 Å². The van der Waals surface area contributed by atoms with Crippen molar-refractivity contribution in [2.24, 2.45) is 0 Å². The Labute approximate surface area is 322 Å². The van der Waals surface area contributed by atoms with Crippen LogP contribution in [0, 0.1) is 0 Å². The third kappa shape index (κ3) is 5.40. The van der Waals surface area contributed by atoms with Crippen LogP contribution in [0.2, 0.25) is 0 Å². The highest BCUT2D eigenvalue weighted by atomic mass is 32.1. The first-order chi connectivity index (χ1) is 27.2. The van der Waals surface area contributed by atoms with Gasteiger partial charge in [0.25, 0.3) is 0 Å². The largest absolute Gasteiger partial charge is 0.456 e. The molecular formula is C52H33NOS. The number of para-hydroxylation sites is 1. The summed E-state index contributed by atoms with van der Waals surface area (Å²) in [7, 11) is 0. The minimum absolute atomic E-state index is 0.906. The van der Waals surface area contributed by atoms with Gasteiger partial charge < -0.3 is 9.32 Å². The first-order valence-electron chi connectivity index (χ1n) is 18.7. The van der Waals surface area contributed by atoms with Crippen LogP contribution in [0.3, 0.4) is 0 Å². The minimum atomic E-state index is 0.906. The van der Waals surface area contributed by atoms with Crippen LogP contribution in [0.1, 0.15) is 0 Å². The van der Waals surface area contributed by atoms with Crippen molar-refractivity contribution in [2.45, 2.75) is 0 Å². The van der Waals surface area contributed by atoms with E-state index in [1.54, 1.807) is 0 Å². The Bertz CT molecular complexity index is 3200. The maximum atomic E-state index is 6.23. The molecule has 0 N–H and O–H groups in total. The zero-order valence-corrected chi connectivity index (χ0v) is 30.6. The number of hydrogen-bond donors (Lipinski definition) is 0. The van der Waals surface area contributed by atoms with E-state index in [1.807, 2.05) is 23.5 Å². The van der Waals surface area contributed by atoms with Gasteiger partial charge in [-0.25, -0.2) is 0 Å². The zero-order valence-electron chi connectivity index (χ0n) is 29.8. The summed E-state index contributed by atoms with van der Waals surface area (Å²) >= 11 is 1.85. The van der Waals surface area contributed by atoms with Gasteiger partial charge in [0.1, 0.15) is 11.2 Å². The predicted octanol–water partition coefficient (Wildman–Crippen LogP) is 15.6. The van der Waals surface area contributed by atoms with E-state index < -0.39 is 0 Å². The lowest BCUT2D eigenvalue weighted by Gasteiger charge is -2.26. The van der Waals surface area contributed by atoms with Crippen LogP contribution < -0.4 is 4.90 Å². The fourth-order valence-corrected chi connectivity index (χ4v) is 9.34. The molecule has 11 aromatic rings. The molecule has 0 bridgehead atoms. The molecule has 0 aliphatic rings. The number of nitrogens with zero attached hydrogens (tertiary/aromatic N) is 1. The van der Waals surface area contributed by atoms with E-state index in [0.717, 1.165) is 44.6 Å². The van der Waals surface area contributed by atoms with Gasteiger partial charge in [-0.2, -0.15) is 0 Å². The summed E-state index contributed by atoms with van der Waals surface area (Å²) in [5, 5.41) is 7.38. The first-order valence-corrected chi connectivity index (χ1v) is 19.5. The van der Waals surface area contributed by atoms with Crippen LogP contribution in [0.25, 0.3) is 86.3 Å². The van der Waals surface area contributed by atoms with Crippen LogP contribution in [0.5, 0.6) is 0 Å². The van der Waals surface area contributed by atoms with Gasteiger partial charge in [0.2, 0.25) is 0 Å². The second kappa shape index (κ2) is 12.9. The summed E-state index contributed by atoms with van der Waals surface area (Å²) in [5.41, 5.74) is 12.3. The Kier molecular flexibility index (Phi) is 7.39. The summed E-state index contributed by atoms with van der Waals surface area (Å²) in [4.78, 5) is 2.37. The van der Waals surface area contributed by atoms with Crippen molar-refractivity contribution in [1.29, 1.82) is 0 Å². The van der Waals surface area contributed by atoms with E-state index in [4.69, 9.17) is 4.42 Å². The van der Waals surface area contributed by atoms with Crippen LogP contribution in [0.4, 0.5) is 17.1 Å². The summed E-state index contributed by atoms with van der Waals surface area (Å²) < 4.78 is 8.83. The molecule has 0 atom stereocenters. The van der Waals surface area contributed by atoms with E-state index in [9.17, 15) is 0 Å². The second-order valence-electron chi connectivity index (χ2n) is 14.1. The van der Waals surface area contributed by atoms with Crippen molar-refractivity contribution >= 4 is 81.3 Å².